The Morgan fingerprint density at radius 3 is 2.76 bits per heavy atom. The van der Waals surface area contributed by atoms with Crippen molar-refractivity contribution < 1.29 is 23.1 Å². The van der Waals surface area contributed by atoms with Crippen LogP contribution in [0.4, 0.5) is 13.2 Å². The Morgan fingerprint density at radius 2 is 2.12 bits per heavy atom. The van der Waals surface area contributed by atoms with Crippen LogP contribution in [0.3, 0.4) is 0 Å². The second-order valence-electron chi connectivity index (χ2n) is 4.70. The lowest BCUT2D eigenvalue weighted by Gasteiger charge is -2.37. The molecule has 0 spiro atoms. The molecule has 1 amide bonds. The summed E-state index contributed by atoms with van der Waals surface area (Å²) < 4.78 is 36.5. The summed E-state index contributed by atoms with van der Waals surface area (Å²) in [7, 11) is 0. The van der Waals surface area contributed by atoms with Gasteiger partial charge >= 0.3 is 6.18 Å². The summed E-state index contributed by atoms with van der Waals surface area (Å²) in [5, 5.41) is 12.5. The molecule has 3 saturated heterocycles. The Hall–Kier alpha value is -0.820. The topological polar surface area (TPSA) is 52.6 Å². The smallest absolute Gasteiger partial charge is 0.376 e. The molecule has 0 aliphatic carbocycles. The first-order valence-electron chi connectivity index (χ1n) is 5.64. The quantitative estimate of drug-likeness (QED) is 0.713. The third kappa shape index (κ3) is 2.90. The van der Waals surface area contributed by atoms with Crippen molar-refractivity contribution >= 4 is 5.91 Å². The Bertz CT molecular complexity index is 308. The van der Waals surface area contributed by atoms with Crippen molar-refractivity contribution in [1.29, 1.82) is 0 Å². The van der Waals surface area contributed by atoms with E-state index in [4.69, 9.17) is 0 Å². The number of amides is 1. The van der Waals surface area contributed by atoms with E-state index in [2.05, 4.69) is 5.32 Å². The molecule has 2 N–H and O–H groups in total. The molecule has 3 aliphatic heterocycles. The molecule has 2 unspecified atom stereocenters. The Kier molecular flexibility index (Phi) is 3.31. The number of nitrogens with zero attached hydrogens (tertiary/aromatic N) is 1. The number of hydrogen-bond acceptors (Lipinski definition) is 3. The van der Waals surface area contributed by atoms with Crippen molar-refractivity contribution in [3.8, 4) is 0 Å². The SMILES string of the molecule is O=C(CC(F)(F)F)N1CC2CCC1[C@@H](O)NC2. The van der Waals surface area contributed by atoms with E-state index in [-0.39, 0.29) is 5.92 Å². The lowest BCUT2D eigenvalue weighted by atomic mass is 9.94. The van der Waals surface area contributed by atoms with Crippen molar-refractivity contribution in [2.75, 3.05) is 13.1 Å². The van der Waals surface area contributed by atoms with Gasteiger partial charge in [-0.2, -0.15) is 13.2 Å². The van der Waals surface area contributed by atoms with Crippen LogP contribution in [0.1, 0.15) is 19.3 Å². The number of halogens is 3. The normalized spacial score (nSPS) is 33.6. The van der Waals surface area contributed by atoms with Gasteiger partial charge in [0.05, 0.1) is 6.04 Å². The first-order chi connectivity index (χ1) is 7.87. The van der Waals surface area contributed by atoms with Crippen molar-refractivity contribution in [2.45, 2.75) is 37.7 Å². The Morgan fingerprint density at radius 1 is 1.41 bits per heavy atom. The number of rotatable bonds is 1. The second kappa shape index (κ2) is 4.45. The predicted molar refractivity (Wildman–Crippen MR) is 52.9 cm³/mol. The van der Waals surface area contributed by atoms with Crippen LogP contribution in [0.2, 0.25) is 0 Å². The van der Waals surface area contributed by atoms with Gasteiger partial charge in [-0.05, 0) is 18.8 Å². The molecule has 4 nitrogen and oxygen atoms in total. The summed E-state index contributed by atoms with van der Waals surface area (Å²) in [6.45, 7) is 0.858. The van der Waals surface area contributed by atoms with Crippen LogP contribution in [0.15, 0.2) is 0 Å². The fourth-order valence-electron chi connectivity index (χ4n) is 2.55. The number of aliphatic hydroxyl groups is 1. The van der Waals surface area contributed by atoms with Crippen LogP contribution in [-0.4, -0.2) is 47.4 Å². The maximum Gasteiger partial charge on any atom is 0.397 e. The maximum absolute atomic E-state index is 12.2. The van der Waals surface area contributed by atoms with E-state index in [0.717, 1.165) is 6.42 Å². The molecule has 0 radical (unpaired) electrons. The van der Waals surface area contributed by atoms with E-state index in [0.29, 0.717) is 19.5 Å². The number of hydrogen-bond donors (Lipinski definition) is 2. The van der Waals surface area contributed by atoms with Gasteiger partial charge in [0.15, 0.2) is 0 Å². The molecule has 98 valence electrons. The summed E-state index contributed by atoms with van der Waals surface area (Å²) >= 11 is 0. The van der Waals surface area contributed by atoms with Crippen LogP contribution in [0.5, 0.6) is 0 Å². The molecule has 0 aromatic carbocycles. The van der Waals surface area contributed by atoms with Crippen molar-refractivity contribution in [3.63, 3.8) is 0 Å². The van der Waals surface area contributed by atoms with Crippen LogP contribution < -0.4 is 5.32 Å². The molecule has 3 fully saturated rings. The summed E-state index contributed by atoms with van der Waals surface area (Å²) in [4.78, 5) is 12.8. The molecule has 17 heavy (non-hydrogen) atoms. The van der Waals surface area contributed by atoms with E-state index in [9.17, 15) is 23.1 Å². The largest absolute Gasteiger partial charge is 0.397 e. The standard InChI is InChI=1S/C10H15F3N2O2/c11-10(12,13)3-8(16)15-5-6-1-2-7(15)9(17)14-4-6/h6-7,9,14,17H,1-5H2/t6?,7?,9-/m1/s1. The van der Waals surface area contributed by atoms with Crippen LogP contribution in [0.25, 0.3) is 0 Å². The molecule has 0 aromatic rings. The van der Waals surface area contributed by atoms with Gasteiger partial charge in [-0.1, -0.05) is 0 Å². The first-order valence-corrected chi connectivity index (χ1v) is 5.64. The molecule has 0 saturated carbocycles. The molecule has 7 heteroatoms. The van der Waals surface area contributed by atoms with Crippen molar-refractivity contribution in [1.82, 2.24) is 10.2 Å². The van der Waals surface area contributed by atoms with E-state index in [1.165, 1.54) is 4.90 Å². The third-order valence-electron chi connectivity index (χ3n) is 3.38. The highest BCUT2D eigenvalue weighted by atomic mass is 19.4. The number of aliphatic hydroxyl groups excluding tert-OH is 1. The van der Waals surface area contributed by atoms with Gasteiger partial charge in [0.1, 0.15) is 12.6 Å². The average Bonchev–Trinajstić information content (AvgIpc) is 2.47. The lowest BCUT2D eigenvalue weighted by Crippen LogP contribution is -2.52. The number of carbonyl (C=O) groups is 1. The molecule has 3 heterocycles. The summed E-state index contributed by atoms with van der Waals surface area (Å²) in [5.74, 6) is -0.796. The zero-order chi connectivity index (χ0) is 12.6. The van der Waals surface area contributed by atoms with Gasteiger partial charge in [0, 0.05) is 13.1 Å². The average molecular weight is 252 g/mol. The number of nitrogens with one attached hydrogen (secondary N) is 1. The zero-order valence-corrected chi connectivity index (χ0v) is 9.20. The lowest BCUT2D eigenvalue weighted by molar-refractivity contribution is -0.166. The minimum atomic E-state index is -4.49. The minimum absolute atomic E-state index is 0.139. The molecule has 2 bridgehead atoms. The van der Waals surface area contributed by atoms with E-state index in [1.54, 1.807) is 0 Å². The summed E-state index contributed by atoms with van der Waals surface area (Å²) in [5.41, 5.74) is 0. The Balaban J connectivity index is 2.07. The van der Waals surface area contributed by atoms with E-state index in [1.807, 2.05) is 0 Å². The molecule has 3 rings (SSSR count). The van der Waals surface area contributed by atoms with Crippen LogP contribution in [-0.2, 0) is 4.79 Å². The van der Waals surface area contributed by atoms with Gasteiger partial charge < -0.3 is 10.0 Å². The zero-order valence-electron chi connectivity index (χ0n) is 9.20. The number of alkyl halides is 3. The van der Waals surface area contributed by atoms with Gasteiger partial charge in [0.25, 0.3) is 0 Å². The summed E-state index contributed by atoms with van der Waals surface area (Å²) in [6, 6.07) is -0.524. The highest BCUT2D eigenvalue weighted by Crippen LogP contribution is 2.29. The van der Waals surface area contributed by atoms with Crippen molar-refractivity contribution in [2.24, 2.45) is 5.92 Å². The molecular formula is C10H15F3N2O2. The second-order valence-corrected chi connectivity index (χ2v) is 4.70. The molecule has 3 aliphatic rings. The molecule has 0 aromatic heterocycles. The van der Waals surface area contributed by atoms with E-state index < -0.39 is 30.8 Å². The number of piperidine rings is 1. The van der Waals surface area contributed by atoms with Gasteiger partial charge in [-0.15, -0.1) is 0 Å². The highest BCUT2D eigenvalue weighted by Gasteiger charge is 2.42. The van der Waals surface area contributed by atoms with Gasteiger partial charge in [-0.25, -0.2) is 0 Å². The molecular weight excluding hydrogens is 237 g/mol. The number of fused-ring (bicyclic) bond motifs is 4. The van der Waals surface area contributed by atoms with Crippen molar-refractivity contribution in [3.05, 3.63) is 0 Å². The molecule has 3 atom stereocenters. The van der Waals surface area contributed by atoms with Crippen LogP contribution in [0, 0.1) is 5.92 Å². The van der Waals surface area contributed by atoms with Gasteiger partial charge in [0.2, 0.25) is 5.91 Å². The summed E-state index contributed by atoms with van der Waals surface area (Å²) in [6.07, 6.45) is -5.45. The maximum atomic E-state index is 12.2. The first kappa shape index (κ1) is 12.6. The monoisotopic (exact) mass is 252 g/mol. The Labute approximate surface area is 96.8 Å². The third-order valence-corrected chi connectivity index (χ3v) is 3.38. The fraction of sp³-hybridized carbons (Fsp3) is 0.900. The number of carbonyl (C=O) groups excluding carboxylic acids is 1. The predicted octanol–water partition coefficient (Wildman–Crippen LogP) is 0.468. The van der Waals surface area contributed by atoms with Gasteiger partial charge in [-0.3, -0.25) is 10.1 Å². The fourth-order valence-corrected chi connectivity index (χ4v) is 2.55. The van der Waals surface area contributed by atoms with E-state index >= 15 is 0 Å². The highest BCUT2D eigenvalue weighted by molar-refractivity contribution is 5.77. The minimum Gasteiger partial charge on any atom is -0.376 e. The van der Waals surface area contributed by atoms with Crippen LogP contribution >= 0.6 is 0 Å².